The molecule has 0 unspecified atom stereocenters. The predicted molar refractivity (Wildman–Crippen MR) is 63.7 cm³/mol. The van der Waals surface area contributed by atoms with Crippen molar-refractivity contribution in [3.63, 3.8) is 0 Å². The third kappa shape index (κ3) is 11.2. The van der Waals surface area contributed by atoms with Gasteiger partial charge in [-0.1, -0.05) is 6.92 Å². The summed E-state index contributed by atoms with van der Waals surface area (Å²) < 4.78 is 10.9. The van der Waals surface area contributed by atoms with Crippen LogP contribution in [0.2, 0.25) is 0 Å². The molecule has 0 aromatic rings. The lowest BCUT2D eigenvalue weighted by molar-refractivity contribution is 0.0407. The Labute approximate surface area is 93.8 Å². The zero-order chi connectivity index (χ0) is 11.7. The molecule has 0 saturated heterocycles. The SMILES string of the molecule is C=C(NCCCOCCC)OC(C)(C)C. The third-order valence-corrected chi connectivity index (χ3v) is 1.57. The molecule has 0 rings (SSSR count). The standard InChI is InChI=1S/C12H25NO2/c1-6-9-14-10-7-8-13-11(2)15-12(3,4)5/h13H,2,6-10H2,1,3-5H3. The number of hydrogen-bond acceptors (Lipinski definition) is 3. The van der Waals surface area contributed by atoms with E-state index in [0.29, 0.717) is 5.88 Å². The van der Waals surface area contributed by atoms with Gasteiger partial charge in [0.25, 0.3) is 0 Å². The maximum Gasteiger partial charge on any atom is 0.179 e. The van der Waals surface area contributed by atoms with Crippen molar-refractivity contribution in [2.24, 2.45) is 0 Å². The van der Waals surface area contributed by atoms with Crippen LogP contribution >= 0.6 is 0 Å². The van der Waals surface area contributed by atoms with E-state index in [0.717, 1.165) is 32.6 Å². The Morgan fingerprint density at radius 2 is 1.93 bits per heavy atom. The molecule has 3 heteroatoms. The summed E-state index contributed by atoms with van der Waals surface area (Å²) in [7, 11) is 0. The molecular formula is C12H25NO2. The lowest BCUT2D eigenvalue weighted by Gasteiger charge is -2.23. The molecule has 1 N–H and O–H groups in total. The smallest absolute Gasteiger partial charge is 0.179 e. The molecule has 90 valence electrons. The molecule has 0 radical (unpaired) electrons. The zero-order valence-corrected chi connectivity index (χ0v) is 10.6. The van der Waals surface area contributed by atoms with E-state index in [4.69, 9.17) is 9.47 Å². The van der Waals surface area contributed by atoms with Crippen molar-refractivity contribution in [3.8, 4) is 0 Å². The highest BCUT2D eigenvalue weighted by atomic mass is 16.5. The van der Waals surface area contributed by atoms with Crippen molar-refractivity contribution in [3.05, 3.63) is 12.5 Å². The molecular weight excluding hydrogens is 190 g/mol. The van der Waals surface area contributed by atoms with E-state index in [-0.39, 0.29) is 5.60 Å². The van der Waals surface area contributed by atoms with Crippen LogP contribution in [0.1, 0.15) is 40.5 Å². The Morgan fingerprint density at radius 1 is 1.27 bits per heavy atom. The minimum Gasteiger partial charge on any atom is -0.474 e. The lowest BCUT2D eigenvalue weighted by atomic mass is 10.2. The fraction of sp³-hybridized carbons (Fsp3) is 0.833. The Kier molecular flexibility index (Phi) is 7.22. The fourth-order valence-corrected chi connectivity index (χ4v) is 1.05. The highest BCUT2D eigenvalue weighted by Crippen LogP contribution is 2.09. The van der Waals surface area contributed by atoms with Crippen molar-refractivity contribution in [1.82, 2.24) is 5.32 Å². The Bertz CT molecular complexity index is 173. The van der Waals surface area contributed by atoms with Gasteiger partial charge in [0.2, 0.25) is 0 Å². The van der Waals surface area contributed by atoms with Gasteiger partial charge in [0, 0.05) is 19.8 Å². The van der Waals surface area contributed by atoms with Gasteiger partial charge in [-0.05, 0) is 40.2 Å². The highest BCUT2D eigenvalue weighted by molar-refractivity contribution is 4.82. The maximum absolute atomic E-state index is 5.52. The second-order valence-corrected chi connectivity index (χ2v) is 4.53. The van der Waals surface area contributed by atoms with Crippen LogP contribution in [-0.2, 0) is 9.47 Å². The molecule has 0 heterocycles. The average Bonchev–Trinajstić information content (AvgIpc) is 2.08. The van der Waals surface area contributed by atoms with Crippen LogP contribution in [0.25, 0.3) is 0 Å². The first kappa shape index (κ1) is 14.3. The van der Waals surface area contributed by atoms with E-state index < -0.39 is 0 Å². The molecule has 0 spiro atoms. The Hall–Kier alpha value is -0.700. The first-order chi connectivity index (χ1) is 6.95. The molecule has 3 nitrogen and oxygen atoms in total. The number of hydrogen-bond donors (Lipinski definition) is 1. The van der Waals surface area contributed by atoms with Gasteiger partial charge in [-0.15, -0.1) is 0 Å². The monoisotopic (exact) mass is 215 g/mol. The maximum atomic E-state index is 5.52. The molecule has 0 atom stereocenters. The molecule has 0 aliphatic carbocycles. The fourth-order valence-electron chi connectivity index (χ4n) is 1.05. The molecule has 0 aliphatic heterocycles. The van der Waals surface area contributed by atoms with Crippen LogP contribution in [0.15, 0.2) is 12.5 Å². The van der Waals surface area contributed by atoms with Crippen molar-refractivity contribution < 1.29 is 9.47 Å². The average molecular weight is 215 g/mol. The van der Waals surface area contributed by atoms with Crippen LogP contribution in [0.3, 0.4) is 0 Å². The summed E-state index contributed by atoms with van der Waals surface area (Å²) >= 11 is 0. The quantitative estimate of drug-likeness (QED) is 0.499. The summed E-state index contributed by atoms with van der Waals surface area (Å²) in [5.41, 5.74) is -0.178. The molecule has 0 fully saturated rings. The summed E-state index contributed by atoms with van der Waals surface area (Å²) in [5, 5.41) is 3.12. The molecule has 0 amide bonds. The van der Waals surface area contributed by atoms with Crippen LogP contribution in [0.4, 0.5) is 0 Å². The molecule has 0 aliphatic rings. The van der Waals surface area contributed by atoms with Crippen molar-refractivity contribution in [2.45, 2.75) is 46.1 Å². The van der Waals surface area contributed by atoms with Gasteiger partial charge < -0.3 is 14.8 Å². The van der Waals surface area contributed by atoms with Crippen molar-refractivity contribution in [2.75, 3.05) is 19.8 Å². The van der Waals surface area contributed by atoms with Crippen LogP contribution in [0.5, 0.6) is 0 Å². The summed E-state index contributed by atoms with van der Waals surface area (Å²) in [4.78, 5) is 0. The molecule has 0 aromatic carbocycles. The van der Waals surface area contributed by atoms with Crippen LogP contribution in [-0.4, -0.2) is 25.4 Å². The van der Waals surface area contributed by atoms with E-state index in [1.54, 1.807) is 0 Å². The summed E-state index contributed by atoms with van der Waals surface area (Å²) in [6.07, 6.45) is 2.06. The van der Waals surface area contributed by atoms with E-state index in [9.17, 15) is 0 Å². The van der Waals surface area contributed by atoms with Gasteiger partial charge in [-0.3, -0.25) is 0 Å². The van der Waals surface area contributed by atoms with Gasteiger partial charge in [0.15, 0.2) is 5.88 Å². The predicted octanol–water partition coefficient (Wildman–Crippen LogP) is 2.68. The zero-order valence-electron chi connectivity index (χ0n) is 10.6. The second kappa shape index (κ2) is 7.57. The van der Waals surface area contributed by atoms with Gasteiger partial charge in [0.05, 0.1) is 0 Å². The topological polar surface area (TPSA) is 30.5 Å². The number of rotatable bonds is 8. The van der Waals surface area contributed by atoms with Gasteiger partial charge in [-0.2, -0.15) is 0 Å². The van der Waals surface area contributed by atoms with E-state index in [1.807, 2.05) is 20.8 Å². The summed E-state index contributed by atoms with van der Waals surface area (Å²) in [5.74, 6) is 0.637. The van der Waals surface area contributed by atoms with Gasteiger partial charge in [0.1, 0.15) is 5.60 Å². The Balaban J connectivity index is 3.32. The first-order valence-corrected chi connectivity index (χ1v) is 5.65. The molecule has 0 bridgehead atoms. The molecule has 0 aromatic heterocycles. The minimum atomic E-state index is -0.178. The van der Waals surface area contributed by atoms with Crippen molar-refractivity contribution >= 4 is 0 Å². The van der Waals surface area contributed by atoms with E-state index >= 15 is 0 Å². The summed E-state index contributed by atoms with van der Waals surface area (Å²) in [6.45, 7) is 14.4. The number of ether oxygens (including phenoxy) is 2. The van der Waals surface area contributed by atoms with Crippen LogP contribution in [0, 0.1) is 0 Å². The highest BCUT2D eigenvalue weighted by Gasteiger charge is 2.11. The van der Waals surface area contributed by atoms with E-state index in [1.165, 1.54) is 0 Å². The lowest BCUT2D eigenvalue weighted by Crippen LogP contribution is -2.26. The van der Waals surface area contributed by atoms with Gasteiger partial charge >= 0.3 is 0 Å². The third-order valence-electron chi connectivity index (χ3n) is 1.57. The van der Waals surface area contributed by atoms with Gasteiger partial charge in [-0.25, -0.2) is 0 Å². The largest absolute Gasteiger partial charge is 0.474 e. The first-order valence-electron chi connectivity index (χ1n) is 5.65. The normalized spacial score (nSPS) is 11.2. The molecule has 0 saturated carbocycles. The van der Waals surface area contributed by atoms with Crippen molar-refractivity contribution in [1.29, 1.82) is 0 Å². The Morgan fingerprint density at radius 3 is 2.47 bits per heavy atom. The van der Waals surface area contributed by atoms with E-state index in [2.05, 4.69) is 18.8 Å². The minimum absolute atomic E-state index is 0.178. The number of nitrogens with one attached hydrogen (secondary N) is 1. The second-order valence-electron chi connectivity index (χ2n) is 4.53. The molecule has 15 heavy (non-hydrogen) atoms. The summed E-state index contributed by atoms with van der Waals surface area (Å²) in [6, 6.07) is 0. The van der Waals surface area contributed by atoms with Crippen LogP contribution < -0.4 is 5.32 Å².